The van der Waals surface area contributed by atoms with Crippen LogP contribution < -0.4 is 0 Å². The van der Waals surface area contributed by atoms with Crippen molar-refractivity contribution in [2.24, 2.45) is 0 Å². The first kappa shape index (κ1) is 13.4. The zero-order valence-corrected chi connectivity index (χ0v) is 11.9. The van der Waals surface area contributed by atoms with Crippen LogP contribution in [-0.2, 0) is 4.79 Å². The Morgan fingerprint density at radius 3 is 2.81 bits per heavy atom. The quantitative estimate of drug-likeness (QED) is 0.733. The zero-order valence-electron chi connectivity index (χ0n) is 11.9. The first-order valence-corrected chi connectivity index (χ1v) is 6.91. The minimum absolute atomic E-state index is 0.0803. The van der Waals surface area contributed by atoms with Gasteiger partial charge in [0.05, 0.1) is 11.4 Å². The lowest BCUT2D eigenvalue weighted by molar-refractivity contribution is -0.120. The molecule has 1 unspecified atom stereocenters. The van der Waals surface area contributed by atoms with E-state index in [1.165, 1.54) is 0 Å². The van der Waals surface area contributed by atoms with Crippen LogP contribution in [0.15, 0.2) is 40.9 Å². The van der Waals surface area contributed by atoms with Gasteiger partial charge in [-0.2, -0.15) is 4.98 Å². The molecule has 0 saturated carbocycles. The fourth-order valence-electron chi connectivity index (χ4n) is 2.15. The molecular formula is C16H15N3O2. The molecule has 1 atom stereocenters. The van der Waals surface area contributed by atoms with Gasteiger partial charge < -0.3 is 4.52 Å². The molecule has 3 rings (SSSR count). The maximum absolute atomic E-state index is 11.7. The van der Waals surface area contributed by atoms with E-state index in [-0.39, 0.29) is 11.7 Å². The number of carbonyl (C=O) groups is 1. The van der Waals surface area contributed by atoms with Gasteiger partial charge in [-0.3, -0.25) is 4.79 Å². The van der Waals surface area contributed by atoms with Crippen LogP contribution in [0.4, 0.5) is 0 Å². The minimum Gasteiger partial charge on any atom is -0.338 e. The molecule has 106 valence electrons. The highest BCUT2D eigenvalue weighted by Gasteiger charge is 2.21. The predicted octanol–water partition coefficient (Wildman–Crippen LogP) is 3.37. The lowest BCUT2D eigenvalue weighted by atomic mass is 10.1. The average molecular weight is 281 g/mol. The predicted molar refractivity (Wildman–Crippen MR) is 78.7 cm³/mol. The van der Waals surface area contributed by atoms with Crippen LogP contribution in [0, 0.1) is 0 Å². The highest BCUT2D eigenvalue weighted by atomic mass is 16.5. The second-order valence-corrected chi connectivity index (χ2v) is 4.89. The molecule has 21 heavy (non-hydrogen) atoms. The van der Waals surface area contributed by atoms with E-state index in [4.69, 9.17) is 4.52 Å². The van der Waals surface area contributed by atoms with E-state index < -0.39 is 0 Å². The van der Waals surface area contributed by atoms with Gasteiger partial charge in [-0.05, 0) is 19.1 Å². The molecule has 0 fully saturated rings. The largest absolute Gasteiger partial charge is 0.338 e. The summed E-state index contributed by atoms with van der Waals surface area (Å²) in [5, 5.41) is 4.99. The first-order valence-electron chi connectivity index (χ1n) is 6.91. The van der Waals surface area contributed by atoms with Crippen molar-refractivity contribution in [2.45, 2.75) is 26.2 Å². The summed E-state index contributed by atoms with van der Waals surface area (Å²) < 4.78 is 5.19. The molecule has 0 aliphatic carbocycles. The number of rotatable bonds is 4. The first-order chi connectivity index (χ1) is 10.2. The Balaban J connectivity index is 1.96. The third-order valence-corrected chi connectivity index (χ3v) is 3.47. The maximum atomic E-state index is 11.7. The molecule has 0 aliphatic heterocycles. The van der Waals surface area contributed by atoms with Crippen molar-refractivity contribution in [2.75, 3.05) is 0 Å². The number of hydrogen-bond donors (Lipinski definition) is 0. The topological polar surface area (TPSA) is 68.9 Å². The van der Waals surface area contributed by atoms with E-state index >= 15 is 0 Å². The molecule has 0 spiro atoms. The normalized spacial score (nSPS) is 12.5. The van der Waals surface area contributed by atoms with Gasteiger partial charge in [-0.1, -0.05) is 36.3 Å². The molecule has 3 aromatic rings. The van der Waals surface area contributed by atoms with E-state index in [1.54, 1.807) is 6.92 Å². The lowest BCUT2D eigenvalue weighted by Crippen LogP contribution is -2.07. The summed E-state index contributed by atoms with van der Waals surface area (Å²) in [6.07, 6.45) is 0.451. The van der Waals surface area contributed by atoms with E-state index in [1.807, 2.05) is 43.3 Å². The molecule has 0 aliphatic rings. The van der Waals surface area contributed by atoms with E-state index in [9.17, 15) is 4.79 Å². The smallest absolute Gasteiger partial charge is 0.237 e. The summed E-state index contributed by atoms with van der Waals surface area (Å²) in [7, 11) is 0. The molecular weight excluding hydrogens is 266 g/mol. The summed E-state index contributed by atoms with van der Waals surface area (Å²) in [6.45, 7) is 3.60. The number of Topliss-reactive ketones (excluding diaryl/α,β-unsaturated/α-hetero) is 1. The standard InChI is InChI=1S/C16H15N3O2/c1-3-14(20)10(2)16-18-15(19-21-16)13-9-8-11-6-4-5-7-12(11)17-13/h4-10H,3H2,1-2H3. The van der Waals surface area contributed by atoms with Crippen LogP contribution in [0.25, 0.3) is 22.4 Å². The van der Waals surface area contributed by atoms with Crippen LogP contribution in [0.1, 0.15) is 32.1 Å². The van der Waals surface area contributed by atoms with Crippen molar-refractivity contribution in [1.82, 2.24) is 15.1 Å². The molecule has 0 saturated heterocycles. The van der Waals surface area contributed by atoms with Crippen molar-refractivity contribution >= 4 is 16.7 Å². The highest BCUT2D eigenvalue weighted by molar-refractivity contribution is 5.84. The summed E-state index contributed by atoms with van der Waals surface area (Å²) in [4.78, 5) is 20.5. The van der Waals surface area contributed by atoms with Crippen LogP contribution in [0.5, 0.6) is 0 Å². The Hall–Kier alpha value is -2.56. The molecule has 1 aromatic carbocycles. The van der Waals surface area contributed by atoms with E-state index in [2.05, 4.69) is 15.1 Å². The number of para-hydroxylation sites is 1. The zero-order chi connectivity index (χ0) is 14.8. The number of pyridine rings is 1. The van der Waals surface area contributed by atoms with Gasteiger partial charge in [0.1, 0.15) is 11.5 Å². The number of carbonyl (C=O) groups excluding carboxylic acids is 1. The van der Waals surface area contributed by atoms with Gasteiger partial charge in [-0.15, -0.1) is 0 Å². The van der Waals surface area contributed by atoms with Crippen LogP contribution >= 0.6 is 0 Å². The Morgan fingerprint density at radius 1 is 1.19 bits per heavy atom. The fraction of sp³-hybridized carbons (Fsp3) is 0.250. The van der Waals surface area contributed by atoms with Crippen molar-refractivity contribution in [3.63, 3.8) is 0 Å². The number of fused-ring (bicyclic) bond motifs is 1. The molecule has 5 nitrogen and oxygen atoms in total. The molecule has 0 N–H and O–H groups in total. The SMILES string of the molecule is CCC(=O)C(C)c1nc(-c2ccc3ccccc3n2)no1. The van der Waals surface area contributed by atoms with Gasteiger partial charge >= 0.3 is 0 Å². The third-order valence-electron chi connectivity index (χ3n) is 3.47. The number of hydrogen-bond acceptors (Lipinski definition) is 5. The molecule has 0 bridgehead atoms. The highest BCUT2D eigenvalue weighted by Crippen LogP contribution is 2.21. The number of nitrogens with zero attached hydrogens (tertiary/aromatic N) is 3. The summed E-state index contributed by atoms with van der Waals surface area (Å²) in [6, 6.07) is 11.6. The molecule has 0 radical (unpaired) electrons. The minimum atomic E-state index is -0.378. The van der Waals surface area contributed by atoms with E-state index in [0.29, 0.717) is 23.8 Å². The lowest BCUT2D eigenvalue weighted by Gasteiger charge is -2.01. The molecule has 5 heteroatoms. The molecule has 2 aromatic heterocycles. The number of ketones is 1. The Kier molecular flexibility index (Phi) is 3.48. The van der Waals surface area contributed by atoms with Gasteiger partial charge in [-0.25, -0.2) is 4.98 Å². The van der Waals surface area contributed by atoms with Crippen LogP contribution in [-0.4, -0.2) is 20.9 Å². The van der Waals surface area contributed by atoms with Crippen molar-refractivity contribution < 1.29 is 9.32 Å². The van der Waals surface area contributed by atoms with Crippen molar-refractivity contribution in [3.05, 3.63) is 42.3 Å². The van der Waals surface area contributed by atoms with Crippen molar-refractivity contribution in [3.8, 4) is 11.5 Å². The summed E-state index contributed by atoms with van der Waals surface area (Å²) >= 11 is 0. The van der Waals surface area contributed by atoms with Crippen LogP contribution in [0.3, 0.4) is 0 Å². The van der Waals surface area contributed by atoms with E-state index in [0.717, 1.165) is 10.9 Å². The van der Waals surface area contributed by atoms with Gasteiger partial charge in [0.2, 0.25) is 11.7 Å². The second-order valence-electron chi connectivity index (χ2n) is 4.89. The van der Waals surface area contributed by atoms with Gasteiger partial charge in [0.15, 0.2) is 0 Å². The second kappa shape index (κ2) is 5.44. The summed E-state index contributed by atoms with van der Waals surface area (Å²) in [5.74, 6) is 0.451. The monoisotopic (exact) mass is 281 g/mol. The fourth-order valence-corrected chi connectivity index (χ4v) is 2.15. The number of aromatic nitrogens is 3. The Labute approximate surface area is 122 Å². The van der Waals surface area contributed by atoms with Gasteiger partial charge in [0, 0.05) is 11.8 Å². The maximum Gasteiger partial charge on any atom is 0.237 e. The van der Waals surface area contributed by atoms with Crippen molar-refractivity contribution in [1.29, 1.82) is 0 Å². The summed E-state index contributed by atoms with van der Waals surface area (Å²) in [5.41, 5.74) is 1.51. The number of benzene rings is 1. The van der Waals surface area contributed by atoms with Gasteiger partial charge in [0.25, 0.3) is 0 Å². The Morgan fingerprint density at radius 2 is 2.00 bits per heavy atom. The van der Waals surface area contributed by atoms with Crippen LogP contribution in [0.2, 0.25) is 0 Å². The molecule has 0 amide bonds. The third kappa shape index (κ3) is 2.54. The average Bonchev–Trinajstić information content (AvgIpc) is 3.02. The Bertz CT molecular complexity index is 795. The molecule has 2 heterocycles.